The molecule has 0 saturated carbocycles. The lowest BCUT2D eigenvalue weighted by Crippen LogP contribution is -2.10. The van der Waals surface area contributed by atoms with E-state index in [1.807, 2.05) is 0 Å². The highest BCUT2D eigenvalue weighted by molar-refractivity contribution is 6.69. The second kappa shape index (κ2) is 5.40. The van der Waals surface area contributed by atoms with Crippen molar-refractivity contribution in [3.05, 3.63) is 5.69 Å². The van der Waals surface area contributed by atoms with Crippen molar-refractivity contribution in [3.63, 3.8) is 0 Å². The Morgan fingerprint density at radius 2 is 2.50 bits per heavy atom. The van der Waals surface area contributed by atoms with Gasteiger partial charge in [0.25, 0.3) is 0 Å². The number of nitrogens with one attached hydrogen (secondary N) is 1. The Morgan fingerprint density at radius 1 is 1.71 bits per heavy atom. The summed E-state index contributed by atoms with van der Waals surface area (Å²) in [5, 5.41) is 20.8. The molecule has 0 saturated heterocycles. The first-order chi connectivity index (χ1) is 6.79. The van der Waals surface area contributed by atoms with E-state index in [9.17, 15) is 0 Å². The summed E-state index contributed by atoms with van der Waals surface area (Å²) in [6.45, 7) is 1.02. The first-order valence-electron chi connectivity index (χ1n) is 3.73. The van der Waals surface area contributed by atoms with Crippen LogP contribution in [-0.4, -0.2) is 41.0 Å². The van der Waals surface area contributed by atoms with Gasteiger partial charge in [-0.2, -0.15) is 0 Å². The molecule has 0 atom stereocenters. The molecule has 0 fully saturated rings. The second-order valence-corrected chi connectivity index (χ2v) is 2.63. The van der Waals surface area contributed by atoms with E-state index >= 15 is 0 Å². The lowest BCUT2D eigenvalue weighted by atomic mass is 10.4. The molecule has 1 aromatic rings. The van der Waals surface area contributed by atoms with Gasteiger partial charge in [-0.05, 0) is 10.3 Å². The second-order valence-electron chi connectivity index (χ2n) is 2.27. The van der Waals surface area contributed by atoms with E-state index in [0.717, 1.165) is 0 Å². The van der Waals surface area contributed by atoms with E-state index in [4.69, 9.17) is 21.5 Å². The molecule has 1 heterocycles. The molecule has 0 bridgehead atoms. The molecule has 0 radical (unpaired) electrons. The summed E-state index contributed by atoms with van der Waals surface area (Å²) in [5.41, 5.74) is 0.158. The molecule has 0 unspecified atom stereocenters. The highest BCUT2D eigenvalue weighted by Crippen LogP contribution is 2.12. The summed E-state index contributed by atoms with van der Waals surface area (Å²) < 4.78 is 9.23. The van der Waals surface area contributed by atoms with Gasteiger partial charge in [0.2, 0.25) is 11.0 Å². The fraction of sp³-hybridized carbons (Fsp3) is 0.500. The first kappa shape index (κ1) is 10.7. The molecule has 8 heteroatoms. The van der Waals surface area contributed by atoms with Crippen LogP contribution in [0.5, 0.6) is 0 Å². The normalized spacial score (nSPS) is 11.7. The molecule has 0 spiro atoms. The molecule has 14 heavy (non-hydrogen) atoms. The predicted octanol–water partition coefficient (Wildman–Crippen LogP) is 0.502. The van der Waals surface area contributed by atoms with Crippen molar-refractivity contribution in [3.8, 4) is 0 Å². The minimum absolute atomic E-state index is 0.158. The molecule has 1 aromatic heterocycles. The minimum atomic E-state index is -0.189. The van der Waals surface area contributed by atoms with Crippen molar-refractivity contribution in [2.24, 2.45) is 5.16 Å². The topological polar surface area (TPSA) is 92.8 Å². The number of rotatable bonds is 5. The maximum Gasteiger partial charge on any atom is 0.201 e. The van der Waals surface area contributed by atoms with Crippen molar-refractivity contribution < 1.29 is 14.6 Å². The van der Waals surface area contributed by atoms with Crippen LogP contribution in [0.3, 0.4) is 0 Å². The van der Waals surface area contributed by atoms with E-state index in [1.54, 1.807) is 7.11 Å². The third-order valence-corrected chi connectivity index (χ3v) is 1.62. The fourth-order valence-electron chi connectivity index (χ4n) is 0.759. The van der Waals surface area contributed by atoms with Crippen molar-refractivity contribution >= 4 is 22.6 Å². The molecule has 0 aliphatic carbocycles. The van der Waals surface area contributed by atoms with Crippen LogP contribution in [0, 0.1) is 0 Å². The molecule has 1 rings (SSSR count). The number of nitrogens with zero attached hydrogens (tertiary/aromatic N) is 3. The minimum Gasteiger partial charge on any atom is -0.410 e. The molecule has 0 aliphatic heterocycles. The summed E-state index contributed by atoms with van der Waals surface area (Å²) >= 11 is 5.52. The van der Waals surface area contributed by atoms with Gasteiger partial charge in [0, 0.05) is 13.7 Å². The summed E-state index contributed by atoms with van der Waals surface area (Å²) in [6.07, 6.45) is 0. The Bertz CT molecular complexity index is 314. The first-order valence-corrected chi connectivity index (χ1v) is 4.10. The summed E-state index contributed by atoms with van der Waals surface area (Å²) in [7, 11) is 1.58. The highest BCUT2D eigenvalue weighted by atomic mass is 35.5. The smallest absolute Gasteiger partial charge is 0.201 e. The maximum atomic E-state index is 8.40. The third-order valence-electron chi connectivity index (χ3n) is 1.37. The number of oxime groups is 1. The van der Waals surface area contributed by atoms with Crippen LogP contribution in [-0.2, 0) is 4.74 Å². The zero-order valence-corrected chi connectivity index (χ0v) is 8.15. The van der Waals surface area contributed by atoms with Crippen molar-refractivity contribution in [1.29, 1.82) is 0 Å². The fourth-order valence-corrected chi connectivity index (χ4v) is 0.883. The number of methoxy groups -OCH3 is 1. The monoisotopic (exact) mass is 220 g/mol. The van der Waals surface area contributed by atoms with Crippen LogP contribution in [0.15, 0.2) is 9.78 Å². The largest absolute Gasteiger partial charge is 0.410 e. The van der Waals surface area contributed by atoms with E-state index < -0.39 is 0 Å². The van der Waals surface area contributed by atoms with Gasteiger partial charge in [0.1, 0.15) is 0 Å². The predicted molar refractivity (Wildman–Crippen MR) is 48.8 cm³/mol. The standard InChI is InChI=1S/C6H9ClN4O3/c1-13-3-2-8-6-4(5(7)9-12)10-14-11-6/h12H,2-3H2,1H3,(H,8,11)/b9-5-. The van der Waals surface area contributed by atoms with Gasteiger partial charge >= 0.3 is 0 Å². The summed E-state index contributed by atoms with van der Waals surface area (Å²) in [6, 6.07) is 0. The number of hydrogen-bond acceptors (Lipinski definition) is 7. The Hall–Kier alpha value is -1.34. The van der Waals surface area contributed by atoms with Crippen LogP contribution in [0.1, 0.15) is 5.69 Å². The highest BCUT2D eigenvalue weighted by Gasteiger charge is 2.14. The molecule has 0 aliphatic rings. The third kappa shape index (κ3) is 2.57. The average molecular weight is 221 g/mol. The van der Waals surface area contributed by atoms with E-state index in [0.29, 0.717) is 19.0 Å². The lowest BCUT2D eigenvalue weighted by Gasteiger charge is -2.00. The zero-order valence-electron chi connectivity index (χ0n) is 7.40. The SMILES string of the molecule is COCCNc1nonc1/C(Cl)=N/O. The number of anilines is 1. The van der Waals surface area contributed by atoms with Crippen LogP contribution in [0.2, 0.25) is 0 Å². The zero-order chi connectivity index (χ0) is 10.4. The molecular formula is C6H9ClN4O3. The van der Waals surface area contributed by atoms with Crippen molar-refractivity contribution in [2.45, 2.75) is 0 Å². The summed E-state index contributed by atoms with van der Waals surface area (Å²) in [4.78, 5) is 0. The van der Waals surface area contributed by atoms with E-state index in [1.165, 1.54) is 0 Å². The molecule has 0 amide bonds. The van der Waals surface area contributed by atoms with E-state index in [-0.39, 0.29) is 10.9 Å². The lowest BCUT2D eigenvalue weighted by molar-refractivity contribution is 0.210. The Labute approximate surface area is 84.6 Å². The Morgan fingerprint density at radius 3 is 3.14 bits per heavy atom. The van der Waals surface area contributed by atoms with Crippen molar-refractivity contribution in [2.75, 3.05) is 25.6 Å². The van der Waals surface area contributed by atoms with Gasteiger partial charge in [0.15, 0.2) is 5.69 Å². The van der Waals surface area contributed by atoms with Gasteiger partial charge in [-0.25, -0.2) is 4.63 Å². The molecule has 7 nitrogen and oxygen atoms in total. The average Bonchev–Trinajstić information content (AvgIpc) is 2.65. The Balaban J connectivity index is 2.63. The van der Waals surface area contributed by atoms with Crippen LogP contribution in [0.25, 0.3) is 0 Å². The number of halogens is 1. The van der Waals surface area contributed by atoms with Crippen molar-refractivity contribution in [1.82, 2.24) is 10.3 Å². The molecule has 0 aromatic carbocycles. The molecule has 78 valence electrons. The van der Waals surface area contributed by atoms with Crippen LogP contribution in [0.4, 0.5) is 5.82 Å². The van der Waals surface area contributed by atoms with Gasteiger partial charge in [-0.15, -0.1) is 0 Å². The van der Waals surface area contributed by atoms with Gasteiger partial charge < -0.3 is 15.3 Å². The molecular weight excluding hydrogens is 212 g/mol. The van der Waals surface area contributed by atoms with Gasteiger partial charge in [-0.3, -0.25) is 0 Å². The number of ether oxygens (including phenoxy) is 1. The van der Waals surface area contributed by atoms with Gasteiger partial charge in [0.05, 0.1) is 6.61 Å². The van der Waals surface area contributed by atoms with E-state index in [2.05, 4.69) is 25.4 Å². The number of hydrogen-bond donors (Lipinski definition) is 2. The maximum absolute atomic E-state index is 8.40. The summed E-state index contributed by atoms with van der Waals surface area (Å²) in [5.74, 6) is 0.310. The quantitative estimate of drug-likeness (QED) is 0.325. The van der Waals surface area contributed by atoms with Crippen LogP contribution >= 0.6 is 11.6 Å². The number of aromatic nitrogens is 2. The Kier molecular flexibility index (Phi) is 4.14. The van der Waals surface area contributed by atoms with Gasteiger partial charge in [-0.1, -0.05) is 16.8 Å². The molecule has 2 N–H and O–H groups in total. The van der Waals surface area contributed by atoms with Crippen LogP contribution < -0.4 is 5.32 Å².